The Labute approximate surface area is 352 Å². The molecule has 0 fully saturated rings. The van der Waals surface area contributed by atoms with Crippen molar-refractivity contribution < 1.29 is 0 Å². The molecular formula is C56H72N2. The molecule has 0 atom stereocenters. The highest BCUT2D eigenvalue weighted by atomic mass is 14.7. The van der Waals surface area contributed by atoms with E-state index < -0.39 is 0 Å². The molecule has 306 valence electrons. The van der Waals surface area contributed by atoms with Crippen LogP contribution >= 0.6 is 0 Å². The minimum Gasteiger partial charge on any atom is -0.397 e. The molecule has 0 saturated heterocycles. The Morgan fingerprint density at radius 3 is 0.983 bits per heavy atom. The molecular weight excluding hydrogens is 701 g/mol. The van der Waals surface area contributed by atoms with Gasteiger partial charge < -0.3 is 11.5 Å². The lowest BCUT2D eigenvalue weighted by atomic mass is 9.70. The fraction of sp³-hybridized carbons (Fsp3) is 0.464. The zero-order valence-electron chi connectivity index (χ0n) is 36.5. The normalized spacial score (nSPS) is 14.3. The number of hydrogen-bond donors (Lipinski definition) is 2. The highest BCUT2D eigenvalue weighted by Gasteiger charge is 2.43. The van der Waals surface area contributed by atoms with Crippen molar-refractivity contribution in [3.63, 3.8) is 0 Å². The van der Waals surface area contributed by atoms with E-state index in [2.05, 4.69) is 125 Å². The lowest BCUT2D eigenvalue weighted by Crippen LogP contribution is -2.25. The summed E-state index contributed by atoms with van der Waals surface area (Å²) in [5, 5.41) is 0. The van der Waals surface area contributed by atoms with Crippen LogP contribution in [0.3, 0.4) is 0 Å². The lowest BCUT2D eigenvalue weighted by Gasteiger charge is -2.33. The molecule has 2 aliphatic carbocycles. The van der Waals surface area contributed by atoms with Gasteiger partial charge >= 0.3 is 0 Å². The maximum atomic E-state index is 7.18. The zero-order chi connectivity index (χ0) is 40.5. The highest BCUT2D eigenvalue weighted by molar-refractivity contribution is 5.96. The molecule has 5 aromatic rings. The van der Waals surface area contributed by atoms with E-state index in [1.807, 2.05) is 0 Å². The Kier molecular flexibility index (Phi) is 13.8. The van der Waals surface area contributed by atoms with E-state index >= 15 is 0 Å². The Balaban J connectivity index is 1.27. The van der Waals surface area contributed by atoms with E-state index in [4.69, 9.17) is 11.5 Å². The maximum absolute atomic E-state index is 7.18. The van der Waals surface area contributed by atoms with Crippen molar-refractivity contribution in [2.24, 2.45) is 0 Å². The van der Waals surface area contributed by atoms with Gasteiger partial charge in [0.15, 0.2) is 0 Å². The van der Waals surface area contributed by atoms with E-state index in [-0.39, 0.29) is 10.8 Å². The Morgan fingerprint density at radius 2 is 0.638 bits per heavy atom. The van der Waals surface area contributed by atoms with E-state index in [1.165, 1.54) is 184 Å². The van der Waals surface area contributed by atoms with Crippen LogP contribution in [0, 0.1) is 0 Å². The third-order valence-corrected chi connectivity index (χ3v) is 14.3. The number of benzene rings is 5. The molecule has 58 heavy (non-hydrogen) atoms. The first-order valence-electron chi connectivity index (χ1n) is 23.6. The molecule has 0 unspecified atom stereocenters. The first kappa shape index (κ1) is 41.8. The van der Waals surface area contributed by atoms with Gasteiger partial charge in [-0.25, -0.2) is 0 Å². The minimum absolute atomic E-state index is 0.0330. The second-order valence-electron chi connectivity index (χ2n) is 18.0. The second-order valence-corrected chi connectivity index (χ2v) is 18.0. The van der Waals surface area contributed by atoms with Crippen molar-refractivity contribution >= 4 is 11.4 Å². The number of rotatable bonds is 22. The number of hydrogen-bond acceptors (Lipinski definition) is 2. The van der Waals surface area contributed by atoms with Gasteiger partial charge in [0.2, 0.25) is 0 Å². The average Bonchev–Trinajstić information content (AvgIpc) is 3.68. The molecule has 2 aliphatic rings. The van der Waals surface area contributed by atoms with Gasteiger partial charge in [0, 0.05) is 22.0 Å². The van der Waals surface area contributed by atoms with Crippen LogP contribution in [0.5, 0.6) is 0 Å². The molecule has 0 amide bonds. The maximum Gasteiger partial charge on any atom is 0.0633 e. The molecule has 0 saturated carbocycles. The largest absolute Gasteiger partial charge is 0.397 e. The third kappa shape index (κ3) is 8.02. The number of nitrogens with two attached hydrogens (primary N) is 2. The third-order valence-electron chi connectivity index (χ3n) is 14.3. The molecule has 0 spiro atoms. The quantitative estimate of drug-likeness (QED) is 0.0544. The summed E-state index contributed by atoms with van der Waals surface area (Å²) >= 11 is 0. The predicted octanol–water partition coefficient (Wildman–Crippen LogP) is 16.6. The van der Waals surface area contributed by atoms with Gasteiger partial charge in [-0.2, -0.15) is 0 Å². The predicted molar refractivity (Wildman–Crippen MR) is 254 cm³/mol. The average molecular weight is 773 g/mol. The van der Waals surface area contributed by atoms with E-state index in [0.717, 1.165) is 11.1 Å². The van der Waals surface area contributed by atoms with E-state index in [0.29, 0.717) is 11.4 Å². The molecule has 2 heteroatoms. The van der Waals surface area contributed by atoms with Gasteiger partial charge in [0.1, 0.15) is 0 Å². The summed E-state index contributed by atoms with van der Waals surface area (Å²) in [7, 11) is 0. The van der Waals surface area contributed by atoms with Crippen LogP contribution in [0.1, 0.15) is 178 Å². The lowest BCUT2D eigenvalue weighted by molar-refractivity contribution is 0.401. The molecule has 7 rings (SSSR count). The van der Waals surface area contributed by atoms with Crippen LogP contribution < -0.4 is 11.5 Å². The van der Waals surface area contributed by atoms with Gasteiger partial charge in [-0.1, -0.05) is 215 Å². The molecule has 5 aromatic carbocycles. The van der Waals surface area contributed by atoms with Crippen molar-refractivity contribution in [2.75, 3.05) is 11.5 Å². The monoisotopic (exact) mass is 773 g/mol. The molecule has 0 bridgehead atoms. The molecule has 0 aliphatic heterocycles. The van der Waals surface area contributed by atoms with Crippen LogP contribution in [-0.2, 0) is 10.8 Å². The van der Waals surface area contributed by atoms with Gasteiger partial charge in [-0.05, 0) is 93.5 Å². The van der Waals surface area contributed by atoms with Crippen molar-refractivity contribution in [3.8, 4) is 44.5 Å². The zero-order valence-corrected chi connectivity index (χ0v) is 36.5. The molecule has 0 radical (unpaired) electrons. The Morgan fingerprint density at radius 1 is 0.328 bits per heavy atom. The summed E-state index contributed by atoms with van der Waals surface area (Å²) in [4.78, 5) is 0. The molecule has 4 N–H and O–H groups in total. The standard InChI is InChI=1S/C56H72N2/c1-5-9-13-21-35-55(36-22-14-10-6-2)49-27-19-17-25-45(49)47-31-29-41(39-51(47)55)43-33-34-44(54(58)53(43)57)42-30-32-48-46-26-18-20-28-50(46)56(52(48)40-42,37-23-15-11-7-3)38-24-16-12-8-4/h17-20,25-34,39-40H,5-16,21-24,35-38,57-58H2,1-4H3. The summed E-state index contributed by atoms with van der Waals surface area (Å²) in [6.07, 6.45) is 25.3. The van der Waals surface area contributed by atoms with Gasteiger partial charge in [0.25, 0.3) is 0 Å². The SMILES string of the molecule is CCCCCCC1(CCCCCC)c2ccccc2-c2ccc(-c3ccc(-c4ccc5c(c4)C(CCCCCC)(CCCCCC)c4ccccc4-5)c(N)c3N)cc21. The first-order valence-corrected chi connectivity index (χ1v) is 23.6. The topological polar surface area (TPSA) is 52.0 Å². The summed E-state index contributed by atoms with van der Waals surface area (Å²) in [6, 6.07) is 37.4. The summed E-state index contributed by atoms with van der Waals surface area (Å²) in [5.74, 6) is 0. The van der Waals surface area contributed by atoms with Crippen LogP contribution in [0.4, 0.5) is 11.4 Å². The van der Waals surface area contributed by atoms with Crippen LogP contribution in [0.2, 0.25) is 0 Å². The fourth-order valence-electron chi connectivity index (χ4n) is 11.1. The molecule has 0 heterocycles. The fourth-order valence-corrected chi connectivity index (χ4v) is 11.1. The summed E-state index contributed by atoms with van der Waals surface area (Å²) < 4.78 is 0. The van der Waals surface area contributed by atoms with E-state index in [9.17, 15) is 0 Å². The number of nitrogen functional groups attached to an aromatic ring is 2. The van der Waals surface area contributed by atoms with E-state index in [1.54, 1.807) is 0 Å². The van der Waals surface area contributed by atoms with Gasteiger partial charge in [-0.3, -0.25) is 0 Å². The highest BCUT2D eigenvalue weighted by Crippen LogP contribution is 2.57. The van der Waals surface area contributed by atoms with Crippen LogP contribution in [0.25, 0.3) is 44.5 Å². The molecule has 0 aromatic heterocycles. The van der Waals surface area contributed by atoms with Crippen LogP contribution in [0.15, 0.2) is 97.1 Å². The number of anilines is 2. The Bertz CT molecular complexity index is 1960. The summed E-state index contributed by atoms with van der Waals surface area (Å²) in [6.45, 7) is 9.26. The number of fused-ring (bicyclic) bond motifs is 6. The van der Waals surface area contributed by atoms with Gasteiger partial charge in [-0.15, -0.1) is 0 Å². The smallest absolute Gasteiger partial charge is 0.0633 e. The minimum atomic E-state index is 0.0330. The van der Waals surface area contributed by atoms with Crippen molar-refractivity contribution in [3.05, 3.63) is 119 Å². The second kappa shape index (κ2) is 19.2. The number of unbranched alkanes of at least 4 members (excludes halogenated alkanes) is 12. The van der Waals surface area contributed by atoms with Crippen molar-refractivity contribution in [1.29, 1.82) is 0 Å². The van der Waals surface area contributed by atoms with Crippen molar-refractivity contribution in [2.45, 2.75) is 167 Å². The van der Waals surface area contributed by atoms with Crippen LogP contribution in [-0.4, -0.2) is 0 Å². The molecule has 2 nitrogen and oxygen atoms in total. The Hall–Kier alpha value is -4.30. The first-order chi connectivity index (χ1) is 28.4. The van der Waals surface area contributed by atoms with Crippen molar-refractivity contribution in [1.82, 2.24) is 0 Å². The van der Waals surface area contributed by atoms with Gasteiger partial charge in [0.05, 0.1) is 11.4 Å². The summed E-state index contributed by atoms with van der Waals surface area (Å²) in [5.41, 5.74) is 31.9.